The lowest BCUT2D eigenvalue weighted by atomic mass is 10.1. The zero-order valence-corrected chi connectivity index (χ0v) is 11.8. The van der Waals surface area contributed by atoms with Crippen molar-refractivity contribution in [3.05, 3.63) is 57.6 Å². The van der Waals surface area contributed by atoms with E-state index in [2.05, 4.69) is 15.9 Å². The fraction of sp³-hybridized carbons (Fsp3) is 0. The van der Waals surface area contributed by atoms with E-state index in [0.717, 1.165) is 12.1 Å². The number of nitrogen functional groups attached to an aromatic ring is 1. The third kappa shape index (κ3) is 3.15. The molecule has 2 aromatic rings. The van der Waals surface area contributed by atoms with Crippen LogP contribution in [-0.4, -0.2) is 5.91 Å². The first-order valence-electron chi connectivity index (χ1n) is 5.50. The van der Waals surface area contributed by atoms with E-state index >= 15 is 0 Å². The van der Waals surface area contributed by atoms with Crippen LogP contribution in [0.5, 0.6) is 0 Å². The summed E-state index contributed by atoms with van der Waals surface area (Å²) in [6.07, 6.45) is 0. The normalized spacial score (nSPS) is 10.5. The summed E-state index contributed by atoms with van der Waals surface area (Å²) in [5.41, 5.74) is 3.14. The van der Waals surface area contributed by atoms with Crippen LogP contribution in [0.3, 0.4) is 0 Å². The summed E-state index contributed by atoms with van der Waals surface area (Å²) in [6, 6.07) is 3.20. The number of anilines is 2. The van der Waals surface area contributed by atoms with Crippen LogP contribution < -0.4 is 11.1 Å². The molecule has 1 amide bonds. The quantitative estimate of drug-likeness (QED) is 0.629. The summed E-state index contributed by atoms with van der Waals surface area (Å²) in [5.74, 6) is -5.43. The molecule has 2 rings (SSSR count). The summed E-state index contributed by atoms with van der Waals surface area (Å²) in [7, 11) is 0. The number of nitrogens with two attached hydrogens (primary N) is 1. The topological polar surface area (TPSA) is 55.1 Å². The van der Waals surface area contributed by atoms with Crippen molar-refractivity contribution >= 4 is 33.2 Å². The third-order valence-electron chi connectivity index (χ3n) is 2.59. The van der Waals surface area contributed by atoms with Crippen molar-refractivity contribution in [1.82, 2.24) is 0 Å². The van der Waals surface area contributed by atoms with E-state index in [1.807, 2.05) is 5.32 Å². The third-order valence-corrected chi connectivity index (χ3v) is 3.04. The molecule has 3 nitrogen and oxygen atoms in total. The number of rotatable bonds is 2. The van der Waals surface area contributed by atoms with Gasteiger partial charge in [-0.1, -0.05) is 15.9 Å². The molecule has 0 atom stereocenters. The van der Waals surface area contributed by atoms with Gasteiger partial charge in [0.05, 0.1) is 0 Å². The zero-order chi connectivity index (χ0) is 15.7. The summed E-state index contributed by atoms with van der Waals surface area (Å²) < 4.78 is 53.8. The van der Waals surface area contributed by atoms with E-state index in [1.54, 1.807) is 0 Å². The Bertz CT molecular complexity index is 690. The van der Waals surface area contributed by atoms with Crippen LogP contribution in [0.2, 0.25) is 0 Å². The highest BCUT2D eigenvalue weighted by molar-refractivity contribution is 9.10. The highest BCUT2D eigenvalue weighted by atomic mass is 79.9. The van der Waals surface area contributed by atoms with Crippen molar-refractivity contribution in [2.45, 2.75) is 0 Å². The lowest BCUT2D eigenvalue weighted by Gasteiger charge is -2.09. The maximum atomic E-state index is 13.6. The minimum Gasteiger partial charge on any atom is -0.394 e. The maximum Gasteiger partial charge on any atom is 0.256 e. The van der Waals surface area contributed by atoms with Gasteiger partial charge in [0.25, 0.3) is 5.91 Å². The molecule has 0 aliphatic rings. The molecule has 0 spiro atoms. The van der Waals surface area contributed by atoms with Crippen LogP contribution in [0.25, 0.3) is 0 Å². The van der Waals surface area contributed by atoms with E-state index in [-0.39, 0.29) is 4.47 Å². The fourth-order valence-corrected chi connectivity index (χ4v) is 1.96. The van der Waals surface area contributed by atoms with Gasteiger partial charge >= 0.3 is 0 Å². The highest BCUT2D eigenvalue weighted by Gasteiger charge is 2.17. The van der Waals surface area contributed by atoms with E-state index in [1.165, 1.54) is 0 Å². The summed E-state index contributed by atoms with van der Waals surface area (Å²) in [5, 5.41) is 1.91. The number of amides is 1. The second-order valence-electron chi connectivity index (χ2n) is 4.05. The summed E-state index contributed by atoms with van der Waals surface area (Å²) in [6.45, 7) is 0. The molecule has 0 unspecified atom stereocenters. The number of carbonyl (C=O) groups is 1. The Morgan fingerprint density at radius 3 is 1.90 bits per heavy atom. The summed E-state index contributed by atoms with van der Waals surface area (Å²) >= 11 is 2.88. The molecule has 0 aliphatic carbocycles. The van der Waals surface area contributed by atoms with Gasteiger partial charge in [-0.15, -0.1) is 0 Å². The van der Waals surface area contributed by atoms with Crippen LogP contribution in [-0.2, 0) is 0 Å². The van der Waals surface area contributed by atoms with E-state index in [9.17, 15) is 22.4 Å². The van der Waals surface area contributed by atoms with Crippen LogP contribution in [0.1, 0.15) is 10.4 Å². The lowest BCUT2D eigenvalue weighted by Crippen LogP contribution is -2.15. The van der Waals surface area contributed by atoms with Gasteiger partial charge in [0.1, 0.15) is 23.0 Å². The molecule has 3 N–H and O–H groups in total. The van der Waals surface area contributed by atoms with Gasteiger partial charge in [0.2, 0.25) is 0 Å². The van der Waals surface area contributed by atoms with Crippen molar-refractivity contribution in [1.29, 1.82) is 0 Å². The van der Waals surface area contributed by atoms with E-state index < -0.39 is 46.1 Å². The zero-order valence-electron chi connectivity index (χ0n) is 10.2. The number of hydrogen-bond acceptors (Lipinski definition) is 2. The van der Waals surface area contributed by atoms with Gasteiger partial charge < -0.3 is 11.1 Å². The van der Waals surface area contributed by atoms with Crippen molar-refractivity contribution in [2.75, 3.05) is 11.1 Å². The van der Waals surface area contributed by atoms with Gasteiger partial charge in [0.15, 0.2) is 11.6 Å². The highest BCUT2D eigenvalue weighted by Crippen LogP contribution is 2.25. The van der Waals surface area contributed by atoms with Gasteiger partial charge in [-0.25, -0.2) is 17.6 Å². The molecule has 0 aliphatic heterocycles. The molecule has 0 radical (unpaired) electrons. The number of nitrogens with one attached hydrogen (secondary N) is 1. The monoisotopic (exact) mass is 362 g/mol. The van der Waals surface area contributed by atoms with Crippen LogP contribution in [0.4, 0.5) is 28.9 Å². The van der Waals surface area contributed by atoms with Gasteiger partial charge in [0, 0.05) is 10.0 Å². The number of carbonyl (C=O) groups excluding carboxylic acids is 1. The lowest BCUT2D eigenvalue weighted by molar-refractivity contribution is 0.102. The van der Waals surface area contributed by atoms with Crippen LogP contribution in [0, 0.1) is 23.3 Å². The molecule has 110 valence electrons. The molecule has 0 fully saturated rings. The first-order valence-corrected chi connectivity index (χ1v) is 6.29. The standard InChI is InChI=1S/C13H7BrF4N2O/c14-6-3-9(17)12(10(18)4-6)20-13(21)5-1-7(15)11(19)8(16)2-5/h1-4H,19H2,(H,20,21). The number of halogens is 5. The van der Waals surface area contributed by atoms with Gasteiger partial charge in [-0.3, -0.25) is 4.79 Å². The molecule has 0 saturated heterocycles. The van der Waals surface area contributed by atoms with Crippen LogP contribution >= 0.6 is 15.9 Å². The molecule has 0 bridgehead atoms. The summed E-state index contributed by atoms with van der Waals surface area (Å²) in [4.78, 5) is 11.8. The molecular formula is C13H7BrF4N2O. The minimum atomic E-state index is -1.14. The first-order chi connectivity index (χ1) is 9.79. The largest absolute Gasteiger partial charge is 0.394 e. The molecular weight excluding hydrogens is 356 g/mol. The Labute approximate surface area is 124 Å². The van der Waals surface area contributed by atoms with Crippen molar-refractivity contribution in [3.8, 4) is 0 Å². The maximum absolute atomic E-state index is 13.6. The Hall–Kier alpha value is -2.09. The van der Waals surface area contributed by atoms with Gasteiger partial charge in [-0.2, -0.15) is 0 Å². The van der Waals surface area contributed by atoms with E-state index in [0.29, 0.717) is 12.1 Å². The molecule has 8 heteroatoms. The molecule has 21 heavy (non-hydrogen) atoms. The van der Waals surface area contributed by atoms with Crippen molar-refractivity contribution < 1.29 is 22.4 Å². The minimum absolute atomic E-state index is 0.139. The Balaban J connectivity index is 2.35. The Morgan fingerprint density at radius 2 is 1.43 bits per heavy atom. The predicted octanol–water partition coefficient (Wildman–Crippen LogP) is 3.84. The molecule has 0 heterocycles. The van der Waals surface area contributed by atoms with Gasteiger partial charge in [-0.05, 0) is 24.3 Å². The molecule has 2 aromatic carbocycles. The Kier molecular flexibility index (Phi) is 4.17. The predicted molar refractivity (Wildman–Crippen MR) is 72.8 cm³/mol. The second kappa shape index (κ2) is 5.72. The SMILES string of the molecule is Nc1c(F)cc(C(=O)Nc2c(F)cc(Br)cc2F)cc1F. The smallest absolute Gasteiger partial charge is 0.256 e. The second-order valence-corrected chi connectivity index (χ2v) is 4.97. The average molecular weight is 363 g/mol. The van der Waals surface area contributed by atoms with Crippen LogP contribution in [0.15, 0.2) is 28.7 Å². The fourth-order valence-electron chi connectivity index (χ4n) is 1.56. The number of benzene rings is 2. The first kappa shape index (κ1) is 15.3. The Morgan fingerprint density at radius 1 is 0.952 bits per heavy atom. The van der Waals surface area contributed by atoms with E-state index in [4.69, 9.17) is 5.73 Å². The average Bonchev–Trinajstić information content (AvgIpc) is 2.39. The van der Waals surface area contributed by atoms with Crippen molar-refractivity contribution in [2.24, 2.45) is 0 Å². The molecule has 0 aromatic heterocycles. The van der Waals surface area contributed by atoms with Crippen molar-refractivity contribution in [3.63, 3.8) is 0 Å². The number of hydrogen-bond donors (Lipinski definition) is 2. The molecule has 0 saturated carbocycles.